The maximum atomic E-state index is 5.23. The summed E-state index contributed by atoms with van der Waals surface area (Å²) in [5.74, 6) is 1.37. The van der Waals surface area contributed by atoms with E-state index in [1.54, 1.807) is 25.4 Å². The van der Waals surface area contributed by atoms with Gasteiger partial charge in [0.25, 0.3) is 0 Å². The summed E-state index contributed by atoms with van der Waals surface area (Å²) in [7, 11) is 1.58. The summed E-state index contributed by atoms with van der Waals surface area (Å²) in [5.41, 5.74) is 0. The summed E-state index contributed by atoms with van der Waals surface area (Å²) in [6.07, 6.45) is 1.66. The van der Waals surface area contributed by atoms with Crippen molar-refractivity contribution in [3.63, 3.8) is 0 Å². The summed E-state index contributed by atoms with van der Waals surface area (Å²) in [4.78, 5) is 3.94. The Hall–Kier alpha value is -1.25. The number of hydrogen-bond acceptors (Lipinski definition) is 3. The molecule has 1 heterocycles. The zero-order valence-electron chi connectivity index (χ0n) is 6.70. The van der Waals surface area contributed by atoms with Gasteiger partial charge in [-0.15, -0.1) is 0 Å². The minimum atomic E-state index is 0.580. The number of ether oxygens (including phenoxy) is 2. The van der Waals surface area contributed by atoms with Gasteiger partial charge in [-0.1, -0.05) is 0 Å². The van der Waals surface area contributed by atoms with Crippen LogP contribution in [0.15, 0.2) is 18.3 Å². The second-order valence-corrected chi connectivity index (χ2v) is 1.97. The van der Waals surface area contributed by atoms with Crippen LogP contribution < -0.4 is 9.47 Å². The van der Waals surface area contributed by atoms with Gasteiger partial charge in [0.2, 0.25) is 5.88 Å². The van der Waals surface area contributed by atoms with Gasteiger partial charge < -0.3 is 9.47 Å². The molecule has 11 heavy (non-hydrogen) atoms. The largest absolute Gasteiger partial charge is 0.494 e. The average Bonchev–Trinajstić information content (AvgIpc) is 2.06. The molecule has 0 bridgehead atoms. The van der Waals surface area contributed by atoms with E-state index in [2.05, 4.69) is 4.98 Å². The van der Waals surface area contributed by atoms with Crippen molar-refractivity contribution in [2.24, 2.45) is 0 Å². The van der Waals surface area contributed by atoms with Gasteiger partial charge in [0.1, 0.15) is 5.75 Å². The van der Waals surface area contributed by atoms with Gasteiger partial charge in [-0.05, 0) is 13.0 Å². The molecule has 0 radical (unpaired) electrons. The first-order valence-corrected chi connectivity index (χ1v) is 3.49. The van der Waals surface area contributed by atoms with Crippen LogP contribution in [0, 0.1) is 0 Å². The molecule has 0 atom stereocenters. The number of hydrogen-bond donors (Lipinski definition) is 0. The van der Waals surface area contributed by atoms with Crippen molar-refractivity contribution in [1.29, 1.82) is 0 Å². The summed E-state index contributed by atoms with van der Waals surface area (Å²) in [6.45, 7) is 2.60. The molecule has 0 spiro atoms. The lowest BCUT2D eigenvalue weighted by molar-refractivity contribution is 0.334. The van der Waals surface area contributed by atoms with Crippen molar-refractivity contribution >= 4 is 0 Å². The predicted octanol–water partition coefficient (Wildman–Crippen LogP) is 1.49. The molecular formula is C8H11NO2. The summed E-state index contributed by atoms with van der Waals surface area (Å²) in [5, 5.41) is 0. The molecule has 1 aromatic rings. The maximum Gasteiger partial charge on any atom is 0.216 e. The van der Waals surface area contributed by atoms with E-state index in [9.17, 15) is 0 Å². The molecule has 3 nitrogen and oxygen atoms in total. The summed E-state index contributed by atoms with van der Waals surface area (Å²) in [6, 6.07) is 3.55. The quantitative estimate of drug-likeness (QED) is 0.659. The van der Waals surface area contributed by atoms with Gasteiger partial charge in [0.05, 0.1) is 13.7 Å². The van der Waals surface area contributed by atoms with Crippen LogP contribution in [0.2, 0.25) is 0 Å². The van der Waals surface area contributed by atoms with E-state index in [0.29, 0.717) is 12.5 Å². The number of nitrogens with zero attached hydrogens (tertiary/aromatic N) is 1. The van der Waals surface area contributed by atoms with Crippen LogP contribution in [0.1, 0.15) is 6.92 Å². The molecule has 3 heteroatoms. The Labute approximate surface area is 66.0 Å². The number of aromatic nitrogens is 1. The van der Waals surface area contributed by atoms with Crippen LogP contribution in [-0.2, 0) is 0 Å². The minimum Gasteiger partial charge on any atom is -0.494 e. The first-order chi connectivity index (χ1) is 5.36. The second-order valence-electron chi connectivity index (χ2n) is 1.97. The number of pyridine rings is 1. The highest BCUT2D eigenvalue weighted by atomic mass is 16.5. The van der Waals surface area contributed by atoms with Crippen molar-refractivity contribution in [2.45, 2.75) is 6.92 Å². The molecule has 0 saturated heterocycles. The molecule has 60 valence electrons. The van der Waals surface area contributed by atoms with Gasteiger partial charge in [0.15, 0.2) is 0 Å². The summed E-state index contributed by atoms with van der Waals surface area (Å²) >= 11 is 0. The Morgan fingerprint density at radius 3 is 3.00 bits per heavy atom. The zero-order valence-corrected chi connectivity index (χ0v) is 6.70. The van der Waals surface area contributed by atoms with Crippen molar-refractivity contribution in [3.8, 4) is 11.6 Å². The summed E-state index contributed by atoms with van der Waals surface area (Å²) < 4.78 is 10.1. The highest BCUT2D eigenvalue weighted by molar-refractivity contribution is 5.25. The van der Waals surface area contributed by atoms with Crippen LogP contribution in [0.25, 0.3) is 0 Å². The SMILES string of the molecule is CCOc1ccnc(OC)c1. The standard InChI is InChI=1S/C8H11NO2/c1-3-11-7-4-5-9-8(6-7)10-2/h4-6H,3H2,1-2H3. The molecule has 1 rings (SSSR count). The van der Waals surface area contributed by atoms with Crippen molar-refractivity contribution < 1.29 is 9.47 Å². The van der Waals surface area contributed by atoms with Crippen LogP contribution >= 0.6 is 0 Å². The Morgan fingerprint density at radius 1 is 1.55 bits per heavy atom. The van der Waals surface area contributed by atoms with Crippen LogP contribution in [-0.4, -0.2) is 18.7 Å². The first-order valence-electron chi connectivity index (χ1n) is 3.49. The lowest BCUT2D eigenvalue weighted by atomic mass is 10.4. The van der Waals surface area contributed by atoms with Crippen molar-refractivity contribution in [2.75, 3.05) is 13.7 Å². The topological polar surface area (TPSA) is 31.4 Å². The fourth-order valence-corrected chi connectivity index (χ4v) is 0.759. The molecule has 0 N–H and O–H groups in total. The monoisotopic (exact) mass is 153 g/mol. The molecule has 0 aromatic carbocycles. The molecule has 0 fully saturated rings. The molecular weight excluding hydrogens is 142 g/mol. The Morgan fingerprint density at radius 2 is 2.36 bits per heavy atom. The van der Waals surface area contributed by atoms with Gasteiger partial charge >= 0.3 is 0 Å². The fourth-order valence-electron chi connectivity index (χ4n) is 0.759. The normalized spacial score (nSPS) is 9.27. The van der Waals surface area contributed by atoms with E-state index in [4.69, 9.17) is 9.47 Å². The number of rotatable bonds is 3. The van der Waals surface area contributed by atoms with Crippen LogP contribution in [0.3, 0.4) is 0 Å². The Balaban J connectivity index is 2.74. The van der Waals surface area contributed by atoms with Crippen molar-refractivity contribution in [1.82, 2.24) is 4.98 Å². The third kappa shape index (κ3) is 2.11. The van der Waals surface area contributed by atoms with E-state index >= 15 is 0 Å². The first kappa shape index (κ1) is 7.85. The predicted molar refractivity (Wildman–Crippen MR) is 42.0 cm³/mol. The highest BCUT2D eigenvalue weighted by Crippen LogP contribution is 2.15. The lowest BCUT2D eigenvalue weighted by Crippen LogP contribution is -1.93. The molecule has 0 saturated carbocycles. The molecule has 0 unspecified atom stereocenters. The van der Waals surface area contributed by atoms with Gasteiger partial charge in [-0.2, -0.15) is 0 Å². The molecule has 0 aliphatic rings. The van der Waals surface area contributed by atoms with E-state index < -0.39 is 0 Å². The second kappa shape index (κ2) is 3.81. The molecule has 0 amide bonds. The molecule has 0 aliphatic carbocycles. The smallest absolute Gasteiger partial charge is 0.216 e. The van der Waals surface area contributed by atoms with Gasteiger partial charge in [-0.3, -0.25) is 0 Å². The van der Waals surface area contributed by atoms with E-state index in [-0.39, 0.29) is 0 Å². The molecule has 1 aromatic heterocycles. The average molecular weight is 153 g/mol. The third-order valence-corrected chi connectivity index (χ3v) is 1.23. The minimum absolute atomic E-state index is 0.580. The molecule has 0 aliphatic heterocycles. The van der Waals surface area contributed by atoms with Crippen LogP contribution in [0.5, 0.6) is 11.6 Å². The third-order valence-electron chi connectivity index (χ3n) is 1.23. The van der Waals surface area contributed by atoms with Crippen molar-refractivity contribution in [3.05, 3.63) is 18.3 Å². The van der Waals surface area contributed by atoms with Gasteiger partial charge in [-0.25, -0.2) is 4.98 Å². The fraction of sp³-hybridized carbons (Fsp3) is 0.375. The maximum absolute atomic E-state index is 5.23. The van der Waals surface area contributed by atoms with Crippen LogP contribution in [0.4, 0.5) is 0 Å². The lowest BCUT2D eigenvalue weighted by Gasteiger charge is -2.03. The van der Waals surface area contributed by atoms with E-state index in [1.165, 1.54) is 0 Å². The zero-order chi connectivity index (χ0) is 8.10. The highest BCUT2D eigenvalue weighted by Gasteiger charge is 1.94. The Kier molecular flexibility index (Phi) is 2.72. The Bertz CT molecular complexity index is 225. The van der Waals surface area contributed by atoms with E-state index in [0.717, 1.165) is 5.75 Å². The number of methoxy groups -OCH3 is 1. The van der Waals surface area contributed by atoms with Gasteiger partial charge in [0, 0.05) is 12.3 Å². The van der Waals surface area contributed by atoms with E-state index in [1.807, 2.05) is 6.92 Å².